The minimum Gasteiger partial charge on any atom is -0.496 e. The van der Waals surface area contributed by atoms with Crippen LogP contribution in [-0.2, 0) is 19.5 Å². The van der Waals surface area contributed by atoms with Crippen molar-refractivity contribution >= 4 is 41.5 Å². The molecule has 7 nitrogen and oxygen atoms in total. The van der Waals surface area contributed by atoms with Gasteiger partial charge in [-0.1, -0.05) is 17.7 Å². The molecule has 2 heterocycles. The van der Waals surface area contributed by atoms with Crippen molar-refractivity contribution in [1.29, 1.82) is 0 Å². The Bertz CT molecular complexity index is 779. The summed E-state index contributed by atoms with van der Waals surface area (Å²) in [5.74, 6) is 3.40. The summed E-state index contributed by atoms with van der Waals surface area (Å²) >= 11 is 6.01. The van der Waals surface area contributed by atoms with Crippen molar-refractivity contribution in [3.05, 3.63) is 40.4 Å². The van der Waals surface area contributed by atoms with Crippen LogP contribution in [0, 0.1) is 6.92 Å². The highest BCUT2D eigenvalue weighted by molar-refractivity contribution is 14.0. The van der Waals surface area contributed by atoms with Gasteiger partial charge in [0, 0.05) is 36.6 Å². The van der Waals surface area contributed by atoms with Crippen molar-refractivity contribution in [2.24, 2.45) is 4.99 Å². The van der Waals surface area contributed by atoms with Crippen LogP contribution in [0.5, 0.6) is 5.75 Å². The molecule has 0 aliphatic carbocycles. The number of nitrogens with one attached hydrogen (secondary N) is 2. The summed E-state index contributed by atoms with van der Waals surface area (Å²) < 4.78 is 7.36. The maximum atomic E-state index is 6.01. The Labute approximate surface area is 175 Å². The zero-order valence-electron chi connectivity index (χ0n) is 15.1. The van der Waals surface area contributed by atoms with Crippen molar-refractivity contribution in [2.45, 2.75) is 38.9 Å². The molecular weight excluding hydrogens is 467 g/mol. The lowest BCUT2D eigenvalue weighted by Gasteiger charge is -2.25. The van der Waals surface area contributed by atoms with Crippen LogP contribution in [0.4, 0.5) is 0 Å². The number of aliphatic imine (C=N–C) groups is 1. The van der Waals surface area contributed by atoms with Gasteiger partial charge in [0.1, 0.15) is 17.4 Å². The second-order valence-corrected chi connectivity index (χ2v) is 6.46. The Morgan fingerprint density at radius 1 is 1.46 bits per heavy atom. The summed E-state index contributed by atoms with van der Waals surface area (Å²) in [4.78, 5) is 8.75. The van der Waals surface area contributed by atoms with E-state index in [-0.39, 0.29) is 30.0 Å². The van der Waals surface area contributed by atoms with Gasteiger partial charge >= 0.3 is 0 Å². The van der Waals surface area contributed by atoms with Crippen LogP contribution >= 0.6 is 35.6 Å². The molecule has 2 aromatic rings. The number of ether oxygens (including phenoxy) is 1. The smallest absolute Gasteiger partial charge is 0.191 e. The van der Waals surface area contributed by atoms with E-state index in [0.29, 0.717) is 11.6 Å². The number of aryl methyl sites for hydroxylation is 2. The van der Waals surface area contributed by atoms with E-state index >= 15 is 0 Å². The van der Waals surface area contributed by atoms with Crippen molar-refractivity contribution < 1.29 is 4.74 Å². The fraction of sp³-hybridized carbons (Fsp3) is 0.471. The summed E-state index contributed by atoms with van der Waals surface area (Å²) in [6, 6.07) is 5.89. The van der Waals surface area contributed by atoms with Crippen molar-refractivity contribution in [2.75, 3.05) is 14.2 Å². The number of fused-ring (bicyclic) bond motifs is 1. The van der Waals surface area contributed by atoms with E-state index in [1.54, 1.807) is 14.2 Å². The molecule has 0 saturated heterocycles. The molecule has 1 unspecified atom stereocenters. The third kappa shape index (κ3) is 5.00. The first-order chi connectivity index (χ1) is 12.1. The largest absolute Gasteiger partial charge is 0.496 e. The number of guanidine groups is 1. The molecule has 0 bridgehead atoms. The van der Waals surface area contributed by atoms with E-state index in [0.717, 1.165) is 48.3 Å². The predicted molar refractivity (Wildman–Crippen MR) is 114 cm³/mol. The number of nitrogens with zero attached hydrogens (tertiary/aromatic N) is 4. The summed E-state index contributed by atoms with van der Waals surface area (Å²) in [5, 5.41) is 11.9. The van der Waals surface area contributed by atoms with E-state index in [4.69, 9.17) is 16.3 Å². The molecular formula is C17H24ClIN6O. The lowest BCUT2D eigenvalue weighted by atomic mass is 10.1. The van der Waals surface area contributed by atoms with Gasteiger partial charge in [-0.25, -0.2) is 9.67 Å². The Morgan fingerprint density at radius 2 is 2.27 bits per heavy atom. The highest BCUT2D eigenvalue weighted by Crippen LogP contribution is 2.22. The first-order valence-corrected chi connectivity index (χ1v) is 8.66. The van der Waals surface area contributed by atoms with Crippen molar-refractivity contribution in [3.63, 3.8) is 0 Å². The minimum atomic E-state index is 0. The fourth-order valence-corrected chi connectivity index (χ4v) is 3.15. The number of aromatic nitrogens is 3. The highest BCUT2D eigenvalue weighted by Gasteiger charge is 2.21. The topological polar surface area (TPSA) is 76.4 Å². The van der Waals surface area contributed by atoms with E-state index < -0.39 is 0 Å². The standard InChI is InChI=1S/C17H23ClN6O.HI/c1-11-21-16-7-6-14(10-24(16)23-11)22-17(19-2)20-9-12-4-5-13(18)8-15(12)25-3;/h4-5,8,14H,6-7,9-10H2,1-3H3,(H2,19,20,22);1H. The van der Waals surface area contributed by atoms with Gasteiger partial charge in [0.15, 0.2) is 5.96 Å². The van der Waals surface area contributed by atoms with E-state index in [2.05, 4.69) is 25.7 Å². The Balaban J connectivity index is 0.00000243. The molecule has 1 aromatic heterocycles. The minimum absolute atomic E-state index is 0. The number of hydrogen-bond acceptors (Lipinski definition) is 4. The summed E-state index contributed by atoms with van der Waals surface area (Å²) in [6.45, 7) is 3.31. The predicted octanol–water partition coefficient (Wildman–Crippen LogP) is 2.55. The number of methoxy groups -OCH3 is 1. The molecule has 2 N–H and O–H groups in total. The average Bonchev–Trinajstić information content (AvgIpc) is 2.98. The van der Waals surface area contributed by atoms with Crippen LogP contribution in [0.2, 0.25) is 5.02 Å². The van der Waals surface area contributed by atoms with Gasteiger partial charge in [-0.3, -0.25) is 4.99 Å². The van der Waals surface area contributed by atoms with Crippen molar-refractivity contribution in [3.8, 4) is 5.75 Å². The Hall–Kier alpha value is -1.55. The summed E-state index contributed by atoms with van der Waals surface area (Å²) in [7, 11) is 3.41. The number of rotatable bonds is 4. The van der Waals surface area contributed by atoms with Gasteiger partial charge in [0.05, 0.1) is 13.7 Å². The van der Waals surface area contributed by atoms with Crippen LogP contribution in [0.25, 0.3) is 0 Å². The van der Waals surface area contributed by atoms with Gasteiger partial charge in [-0.05, 0) is 25.5 Å². The Morgan fingerprint density at radius 3 is 3.00 bits per heavy atom. The number of benzene rings is 1. The zero-order chi connectivity index (χ0) is 17.8. The number of hydrogen-bond donors (Lipinski definition) is 2. The normalized spacial score (nSPS) is 16.5. The summed E-state index contributed by atoms with van der Waals surface area (Å²) in [6.07, 6.45) is 1.92. The van der Waals surface area contributed by atoms with Crippen LogP contribution < -0.4 is 15.4 Å². The quantitative estimate of drug-likeness (QED) is 0.391. The Kier molecular flexibility index (Phi) is 7.51. The van der Waals surface area contributed by atoms with Gasteiger partial charge in [0.2, 0.25) is 0 Å². The van der Waals surface area contributed by atoms with E-state index in [9.17, 15) is 0 Å². The van der Waals surface area contributed by atoms with Gasteiger partial charge in [-0.2, -0.15) is 5.10 Å². The van der Waals surface area contributed by atoms with Crippen LogP contribution in [0.3, 0.4) is 0 Å². The maximum Gasteiger partial charge on any atom is 0.191 e. The third-order valence-electron chi connectivity index (χ3n) is 4.22. The molecule has 142 valence electrons. The fourth-order valence-electron chi connectivity index (χ4n) is 2.98. The second-order valence-electron chi connectivity index (χ2n) is 6.02. The van der Waals surface area contributed by atoms with Crippen LogP contribution in [0.1, 0.15) is 23.6 Å². The van der Waals surface area contributed by atoms with Gasteiger partial charge in [0.25, 0.3) is 0 Å². The third-order valence-corrected chi connectivity index (χ3v) is 4.46. The van der Waals surface area contributed by atoms with Gasteiger partial charge < -0.3 is 15.4 Å². The molecule has 0 amide bonds. The lowest BCUT2D eigenvalue weighted by molar-refractivity contribution is 0.391. The average molecular weight is 491 g/mol. The molecule has 0 saturated carbocycles. The molecule has 0 spiro atoms. The highest BCUT2D eigenvalue weighted by atomic mass is 127. The molecule has 3 rings (SSSR count). The maximum absolute atomic E-state index is 6.01. The molecule has 0 radical (unpaired) electrons. The van der Waals surface area contributed by atoms with E-state index in [1.165, 1.54) is 0 Å². The van der Waals surface area contributed by atoms with E-state index in [1.807, 2.05) is 29.8 Å². The SMILES string of the molecule is CN=C(NCc1ccc(Cl)cc1OC)NC1CCc2nc(C)nn2C1.I. The van der Waals surface area contributed by atoms with Crippen LogP contribution in [0.15, 0.2) is 23.2 Å². The van der Waals surface area contributed by atoms with Crippen molar-refractivity contribution in [1.82, 2.24) is 25.4 Å². The lowest BCUT2D eigenvalue weighted by Crippen LogP contribution is -2.46. The monoisotopic (exact) mass is 490 g/mol. The number of halogens is 2. The van der Waals surface area contributed by atoms with Gasteiger partial charge in [-0.15, -0.1) is 24.0 Å². The summed E-state index contributed by atoms with van der Waals surface area (Å²) in [5.41, 5.74) is 1.02. The molecule has 1 atom stereocenters. The molecule has 1 aromatic carbocycles. The second kappa shape index (κ2) is 9.40. The molecule has 1 aliphatic heterocycles. The first-order valence-electron chi connectivity index (χ1n) is 8.29. The molecule has 1 aliphatic rings. The molecule has 0 fully saturated rings. The van der Waals surface area contributed by atoms with Crippen LogP contribution in [-0.4, -0.2) is 40.9 Å². The first kappa shape index (κ1) is 20.8. The molecule has 26 heavy (non-hydrogen) atoms. The zero-order valence-corrected chi connectivity index (χ0v) is 18.2. The molecule has 9 heteroatoms.